The minimum Gasteiger partial charge on any atom is -0.454 e. The van der Waals surface area contributed by atoms with Crippen molar-refractivity contribution in [1.29, 1.82) is 0 Å². The maximum Gasteiger partial charge on any atom is 0.325 e. The molecule has 6 nitrogen and oxygen atoms in total. The van der Waals surface area contributed by atoms with E-state index in [2.05, 4.69) is 10.6 Å². The van der Waals surface area contributed by atoms with Gasteiger partial charge >= 0.3 is 5.97 Å². The van der Waals surface area contributed by atoms with Crippen LogP contribution in [-0.2, 0) is 25.5 Å². The summed E-state index contributed by atoms with van der Waals surface area (Å²) in [6.07, 6.45) is 0.168. The molecule has 0 spiro atoms. The van der Waals surface area contributed by atoms with Gasteiger partial charge in [0.15, 0.2) is 6.61 Å². The molecule has 0 unspecified atom stereocenters. The number of fused-ring (bicyclic) bond motifs is 1. The maximum absolute atomic E-state index is 12.1. The molecular weight excluding hydrogens is 344 g/mol. The number of nitrogens with one attached hydrogen (secondary N) is 2. The zero-order chi connectivity index (χ0) is 19.8. The molecule has 2 rings (SSSR count). The van der Waals surface area contributed by atoms with Crippen LogP contribution in [0, 0.1) is 5.92 Å². The number of amides is 2. The molecule has 0 aliphatic rings. The Hall–Kier alpha value is -2.89. The first-order valence-electron chi connectivity index (χ1n) is 9.05. The largest absolute Gasteiger partial charge is 0.454 e. The van der Waals surface area contributed by atoms with Crippen molar-refractivity contribution >= 4 is 28.6 Å². The Morgan fingerprint density at radius 1 is 0.963 bits per heavy atom. The van der Waals surface area contributed by atoms with Gasteiger partial charge in [-0.2, -0.15) is 0 Å². The Bertz CT molecular complexity index is 811. The highest BCUT2D eigenvalue weighted by Gasteiger charge is 2.14. The summed E-state index contributed by atoms with van der Waals surface area (Å²) in [6.45, 7) is 5.24. The average Bonchev–Trinajstić information content (AvgIpc) is 2.65. The number of carbonyl (C=O) groups is 3. The second-order valence-corrected chi connectivity index (χ2v) is 6.85. The molecule has 0 radical (unpaired) electrons. The maximum atomic E-state index is 12.1. The van der Waals surface area contributed by atoms with E-state index >= 15 is 0 Å². The van der Waals surface area contributed by atoms with E-state index in [1.807, 2.05) is 63.2 Å². The third-order valence-corrected chi connectivity index (χ3v) is 4.41. The predicted molar refractivity (Wildman–Crippen MR) is 104 cm³/mol. The van der Waals surface area contributed by atoms with Crippen molar-refractivity contribution in [2.24, 2.45) is 5.92 Å². The van der Waals surface area contributed by atoms with Crippen LogP contribution in [-0.4, -0.2) is 37.0 Å². The van der Waals surface area contributed by atoms with Gasteiger partial charge in [-0.15, -0.1) is 0 Å². The monoisotopic (exact) mass is 370 g/mol. The van der Waals surface area contributed by atoms with Crippen molar-refractivity contribution in [3.05, 3.63) is 48.0 Å². The highest BCUT2D eigenvalue weighted by molar-refractivity contribution is 5.91. The fourth-order valence-electron chi connectivity index (χ4n) is 2.51. The molecule has 0 saturated heterocycles. The molecule has 0 heterocycles. The van der Waals surface area contributed by atoms with Gasteiger partial charge in [0.25, 0.3) is 5.91 Å². The molecule has 27 heavy (non-hydrogen) atoms. The summed E-state index contributed by atoms with van der Waals surface area (Å²) >= 11 is 0. The number of rotatable bonds is 8. The van der Waals surface area contributed by atoms with E-state index in [-0.39, 0.29) is 43.3 Å². The third-order valence-electron chi connectivity index (χ3n) is 4.41. The topological polar surface area (TPSA) is 84.5 Å². The van der Waals surface area contributed by atoms with Crippen molar-refractivity contribution in [2.75, 3.05) is 13.2 Å². The Balaban J connectivity index is 1.76. The summed E-state index contributed by atoms with van der Waals surface area (Å²) in [6, 6.07) is 13.6. The lowest BCUT2D eigenvalue weighted by atomic mass is 10.0. The highest BCUT2D eigenvalue weighted by atomic mass is 16.5. The van der Waals surface area contributed by atoms with Crippen LogP contribution in [0.25, 0.3) is 10.8 Å². The molecule has 0 aromatic heterocycles. The second-order valence-electron chi connectivity index (χ2n) is 6.85. The number of benzene rings is 2. The number of hydrogen-bond acceptors (Lipinski definition) is 4. The van der Waals surface area contributed by atoms with Gasteiger partial charge in [0.2, 0.25) is 5.91 Å². The number of hydrogen-bond donors (Lipinski definition) is 2. The quantitative estimate of drug-likeness (QED) is 0.698. The highest BCUT2D eigenvalue weighted by Crippen LogP contribution is 2.18. The van der Waals surface area contributed by atoms with E-state index in [0.29, 0.717) is 0 Å². The van der Waals surface area contributed by atoms with Crippen molar-refractivity contribution in [3.63, 3.8) is 0 Å². The first-order valence-corrected chi connectivity index (χ1v) is 9.05. The third kappa shape index (κ3) is 6.40. The van der Waals surface area contributed by atoms with E-state index in [0.717, 1.165) is 16.3 Å². The summed E-state index contributed by atoms with van der Waals surface area (Å²) in [5.41, 5.74) is 0.890. The fraction of sp³-hybridized carbons (Fsp3) is 0.381. The van der Waals surface area contributed by atoms with E-state index in [9.17, 15) is 14.4 Å². The summed E-state index contributed by atoms with van der Waals surface area (Å²) in [5, 5.41) is 7.35. The number of esters is 1. The number of carbonyl (C=O) groups excluding carboxylic acids is 3. The molecule has 0 aliphatic heterocycles. The van der Waals surface area contributed by atoms with Gasteiger partial charge in [-0.1, -0.05) is 56.3 Å². The first kappa shape index (κ1) is 20.4. The second kappa shape index (κ2) is 9.71. The molecule has 6 heteroatoms. The lowest BCUT2D eigenvalue weighted by Crippen LogP contribution is -2.39. The van der Waals surface area contributed by atoms with Crippen molar-refractivity contribution < 1.29 is 19.1 Å². The molecule has 2 aromatic carbocycles. The van der Waals surface area contributed by atoms with E-state index < -0.39 is 5.97 Å². The van der Waals surface area contributed by atoms with Crippen LogP contribution in [0.1, 0.15) is 26.3 Å². The van der Waals surface area contributed by atoms with Gasteiger partial charge in [-0.05, 0) is 29.2 Å². The van der Waals surface area contributed by atoms with E-state index in [4.69, 9.17) is 4.74 Å². The standard InChI is InChI=1S/C21H26N2O4/c1-14(2)15(3)23-20(25)13-27-21(26)12-22-19(24)11-17-9-6-8-16-7-4-5-10-18(16)17/h4-10,14-15H,11-13H2,1-3H3,(H,22,24)(H,23,25)/t15-/m0/s1. The Kier molecular flexibility index (Phi) is 7.34. The van der Waals surface area contributed by atoms with Crippen molar-refractivity contribution in [1.82, 2.24) is 10.6 Å². The van der Waals surface area contributed by atoms with E-state index in [1.54, 1.807) is 0 Å². The smallest absolute Gasteiger partial charge is 0.325 e. The normalized spacial score (nSPS) is 11.9. The van der Waals surface area contributed by atoms with Gasteiger partial charge in [0.05, 0.1) is 6.42 Å². The minimum absolute atomic E-state index is 0.00315. The average molecular weight is 370 g/mol. The van der Waals surface area contributed by atoms with Gasteiger partial charge < -0.3 is 15.4 Å². The van der Waals surface area contributed by atoms with Crippen LogP contribution in [0.3, 0.4) is 0 Å². The van der Waals surface area contributed by atoms with Gasteiger partial charge in [0.1, 0.15) is 6.54 Å². The van der Waals surface area contributed by atoms with Crippen molar-refractivity contribution in [2.45, 2.75) is 33.2 Å². The molecule has 2 N–H and O–H groups in total. The molecule has 0 saturated carbocycles. The minimum atomic E-state index is -0.645. The Labute approximate surface area is 159 Å². The molecule has 0 bridgehead atoms. The van der Waals surface area contributed by atoms with Gasteiger partial charge in [0, 0.05) is 6.04 Å². The van der Waals surface area contributed by atoms with Gasteiger partial charge in [-0.3, -0.25) is 14.4 Å². The van der Waals surface area contributed by atoms with Crippen LogP contribution >= 0.6 is 0 Å². The van der Waals surface area contributed by atoms with Crippen molar-refractivity contribution in [3.8, 4) is 0 Å². The fourth-order valence-corrected chi connectivity index (χ4v) is 2.51. The summed E-state index contributed by atoms with van der Waals surface area (Å²) in [4.78, 5) is 35.5. The SMILES string of the molecule is CC(C)[C@H](C)NC(=O)COC(=O)CNC(=O)Cc1cccc2ccccc12. The predicted octanol–water partition coefficient (Wildman–Crippen LogP) is 2.20. The van der Waals surface area contributed by atoms with Crippen LogP contribution in [0.15, 0.2) is 42.5 Å². The molecule has 1 atom stereocenters. The molecule has 144 valence electrons. The lowest BCUT2D eigenvalue weighted by Gasteiger charge is -2.17. The van der Waals surface area contributed by atoms with Crippen LogP contribution in [0.4, 0.5) is 0 Å². The van der Waals surface area contributed by atoms with Gasteiger partial charge in [-0.25, -0.2) is 0 Å². The number of ether oxygens (including phenoxy) is 1. The van der Waals surface area contributed by atoms with Crippen LogP contribution in [0.5, 0.6) is 0 Å². The molecular formula is C21H26N2O4. The summed E-state index contributed by atoms with van der Waals surface area (Å²) in [7, 11) is 0. The Morgan fingerprint density at radius 3 is 2.41 bits per heavy atom. The zero-order valence-corrected chi connectivity index (χ0v) is 16.0. The summed E-state index contributed by atoms with van der Waals surface area (Å²) in [5.74, 6) is -0.987. The molecule has 0 fully saturated rings. The van der Waals surface area contributed by atoms with Crippen LogP contribution < -0.4 is 10.6 Å². The van der Waals surface area contributed by atoms with Crippen LogP contribution in [0.2, 0.25) is 0 Å². The molecule has 2 amide bonds. The zero-order valence-electron chi connectivity index (χ0n) is 16.0. The molecule has 2 aromatic rings. The first-order chi connectivity index (χ1) is 12.9. The molecule has 0 aliphatic carbocycles. The lowest BCUT2D eigenvalue weighted by molar-refractivity contribution is -0.148. The summed E-state index contributed by atoms with van der Waals surface area (Å²) < 4.78 is 4.89. The van der Waals surface area contributed by atoms with E-state index in [1.165, 1.54) is 0 Å². The Morgan fingerprint density at radius 2 is 1.67 bits per heavy atom.